The largest absolute Gasteiger partial charge is 0.504 e. The van der Waals surface area contributed by atoms with Gasteiger partial charge < -0.3 is 10.2 Å². The molecule has 0 atom stereocenters. The molecule has 134 valence electrons. The monoisotopic (exact) mass is 373 g/mol. The number of nitrogens with zero attached hydrogens (tertiary/aromatic N) is 2. The van der Waals surface area contributed by atoms with E-state index in [4.69, 9.17) is 5.14 Å². The van der Waals surface area contributed by atoms with Crippen LogP contribution in [0.5, 0.6) is 11.5 Å². The lowest BCUT2D eigenvalue weighted by Crippen LogP contribution is -2.21. The molecule has 1 heterocycles. The molecule has 0 aliphatic carbocycles. The van der Waals surface area contributed by atoms with Crippen molar-refractivity contribution in [1.82, 2.24) is 0 Å². The Bertz CT molecular complexity index is 1060. The summed E-state index contributed by atoms with van der Waals surface area (Å²) in [6.07, 6.45) is 1.54. The van der Waals surface area contributed by atoms with Gasteiger partial charge in [-0.2, -0.15) is 10.1 Å². The van der Waals surface area contributed by atoms with Crippen LogP contribution in [0.1, 0.15) is 12.5 Å². The van der Waals surface area contributed by atoms with Gasteiger partial charge in [0.05, 0.1) is 21.9 Å². The maximum atomic E-state index is 12.6. The summed E-state index contributed by atoms with van der Waals surface area (Å²) in [4.78, 5) is 12.6. The van der Waals surface area contributed by atoms with E-state index in [-0.39, 0.29) is 16.4 Å². The quantitative estimate of drug-likeness (QED) is 0.554. The fourth-order valence-electron chi connectivity index (χ4n) is 2.43. The van der Waals surface area contributed by atoms with Gasteiger partial charge in [-0.15, -0.1) is 0 Å². The number of carbonyl (C=O) groups excluding carboxylic acids is 1. The Labute approximate surface area is 149 Å². The van der Waals surface area contributed by atoms with Crippen LogP contribution in [0, 0.1) is 0 Å². The Morgan fingerprint density at radius 3 is 2.31 bits per heavy atom. The highest BCUT2D eigenvalue weighted by Gasteiger charge is 2.28. The smallest absolute Gasteiger partial charge is 0.280 e. The van der Waals surface area contributed by atoms with Crippen molar-refractivity contribution in [2.45, 2.75) is 11.8 Å². The molecule has 9 heteroatoms. The average Bonchev–Trinajstić information content (AvgIpc) is 2.86. The molecule has 26 heavy (non-hydrogen) atoms. The number of benzene rings is 2. The Balaban J connectivity index is 1.92. The van der Waals surface area contributed by atoms with E-state index in [0.29, 0.717) is 22.5 Å². The third-order valence-corrected chi connectivity index (χ3v) is 4.71. The molecule has 2 aromatic rings. The summed E-state index contributed by atoms with van der Waals surface area (Å²) in [6, 6.07) is 9.65. The van der Waals surface area contributed by atoms with Gasteiger partial charge in [0.1, 0.15) is 0 Å². The maximum Gasteiger partial charge on any atom is 0.280 e. The number of primary sulfonamides is 1. The summed E-state index contributed by atoms with van der Waals surface area (Å²) in [5, 5.41) is 29.3. The number of hydrogen-bond donors (Lipinski definition) is 3. The minimum Gasteiger partial charge on any atom is -0.504 e. The second kappa shape index (κ2) is 6.28. The summed E-state index contributed by atoms with van der Waals surface area (Å²) >= 11 is 0. The molecule has 2 aromatic carbocycles. The van der Waals surface area contributed by atoms with E-state index in [0.717, 1.165) is 5.01 Å². The number of phenolic OH excluding ortho intramolecular Hbond substituents is 2. The van der Waals surface area contributed by atoms with Crippen molar-refractivity contribution in [2.75, 3.05) is 5.01 Å². The lowest BCUT2D eigenvalue weighted by atomic mass is 10.1. The second-order valence-electron chi connectivity index (χ2n) is 5.65. The number of rotatable bonds is 3. The molecule has 1 aliphatic heterocycles. The number of phenols is 2. The molecule has 0 aromatic heterocycles. The summed E-state index contributed by atoms with van der Waals surface area (Å²) in [7, 11) is -3.82. The zero-order valence-electron chi connectivity index (χ0n) is 13.6. The SMILES string of the molecule is CC1=NN(c2ccc(S(N)(=O)=O)cc2)C(=O)C1=Cc1ccc(O)c(O)c1. The molecule has 0 fully saturated rings. The number of anilines is 1. The molecule has 8 nitrogen and oxygen atoms in total. The first-order valence-electron chi connectivity index (χ1n) is 7.43. The van der Waals surface area contributed by atoms with Crippen LogP contribution in [0.15, 0.2) is 58.0 Å². The summed E-state index contributed by atoms with van der Waals surface area (Å²) in [5.74, 6) is -0.958. The fourth-order valence-corrected chi connectivity index (χ4v) is 2.95. The van der Waals surface area contributed by atoms with Gasteiger partial charge in [0, 0.05) is 0 Å². The second-order valence-corrected chi connectivity index (χ2v) is 7.21. The summed E-state index contributed by atoms with van der Waals surface area (Å²) in [6.45, 7) is 1.66. The van der Waals surface area contributed by atoms with Crippen LogP contribution in [0.3, 0.4) is 0 Å². The van der Waals surface area contributed by atoms with Crippen molar-refractivity contribution in [3.63, 3.8) is 0 Å². The topological polar surface area (TPSA) is 133 Å². The molecule has 3 rings (SSSR count). The molecule has 0 spiro atoms. The normalized spacial score (nSPS) is 16.2. The van der Waals surface area contributed by atoms with Crippen LogP contribution in [0.25, 0.3) is 6.08 Å². The van der Waals surface area contributed by atoms with Crippen LogP contribution in [-0.4, -0.2) is 30.2 Å². The molecular formula is C17H15N3O5S. The van der Waals surface area contributed by atoms with Crippen molar-refractivity contribution in [1.29, 1.82) is 0 Å². The maximum absolute atomic E-state index is 12.6. The molecule has 1 amide bonds. The van der Waals surface area contributed by atoms with Crippen molar-refractivity contribution < 1.29 is 23.4 Å². The third-order valence-electron chi connectivity index (χ3n) is 3.78. The highest BCUT2D eigenvalue weighted by atomic mass is 32.2. The molecule has 0 saturated carbocycles. The van der Waals surface area contributed by atoms with Gasteiger partial charge in [-0.25, -0.2) is 13.6 Å². The number of carbonyl (C=O) groups is 1. The predicted octanol–water partition coefficient (Wildman–Crippen LogP) is 1.55. The fraction of sp³-hybridized carbons (Fsp3) is 0.0588. The first kappa shape index (κ1) is 17.6. The highest BCUT2D eigenvalue weighted by Crippen LogP contribution is 2.29. The number of hydrazone groups is 1. The minimum atomic E-state index is -3.82. The van der Waals surface area contributed by atoms with Crippen LogP contribution < -0.4 is 10.1 Å². The Morgan fingerprint density at radius 1 is 1.08 bits per heavy atom. The van der Waals surface area contributed by atoms with Gasteiger partial charge in [-0.3, -0.25) is 4.79 Å². The van der Waals surface area contributed by atoms with E-state index in [9.17, 15) is 23.4 Å². The zero-order chi connectivity index (χ0) is 19.1. The Hall–Kier alpha value is -3.17. The van der Waals surface area contributed by atoms with Gasteiger partial charge >= 0.3 is 0 Å². The van der Waals surface area contributed by atoms with E-state index in [2.05, 4.69) is 5.10 Å². The van der Waals surface area contributed by atoms with Crippen molar-refractivity contribution >= 4 is 33.4 Å². The van der Waals surface area contributed by atoms with Crippen LogP contribution in [0.2, 0.25) is 0 Å². The lowest BCUT2D eigenvalue weighted by Gasteiger charge is -2.12. The van der Waals surface area contributed by atoms with Crippen molar-refractivity contribution in [2.24, 2.45) is 10.2 Å². The van der Waals surface area contributed by atoms with Gasteiger partial charge in [0.2, 0.25) is 10.0 Å². The van der Waals surface area contributed by atoms with E-state index in [1.54, 1.807) is 19.1 Å². The lowest BCUT2D eigenvalue weighted by molar-refractivity contribution is -0.114. The number of sulfonamides is 1. The standard InChI is InChI=1S/C17H15N3O5S/c1-10-14(8-11-2-7-15(21)16(22)9-11)17(23)20(19-10)12-3-5-13(6-4-12)26(18,24)25/h2-9,21-22H,1H3,(H2,18,24,25). The average molecular weight is 373 g/mol. The molecule has 0 radical (unpaired) electrons. The number of hydrogen-bond acceptors (Lipinski definition) is 6. The van der Waals surface area contributed by atoms with E-state index in [1.165, 1.54) is 36.4 Å². The first-order chi connectivity index (χ1) is 12.2. The molecule has 4 N–H and O–H groups in total. The van der Waals surface area contributed by atoms with Gasteiger partial charge in [0.25, 0.3) is 5.91 Å². The number of amides is 1. The van der Waals surface area contributed by atoms with Gasteiger partial charge in [-0.1, -0.05) is 6.07 Å². The molecular weight excluding hydrogens is 358 g/mol. The molecule has 1 aliphatic rings. The number of nitrogens with two attached hydrogens (primary N) is 1. The predicted molar refractivity (Wildman–Crippen MR) is 96.2 cm³/mol. The van der Waals surface area contributed by atoms with E-state index < -0.39 is 15.9 Å². The molecule has 0 saturated heterocycles. The minimum absolute atomic E-state index is 0.0658. The Kier molecular flexibility index (Phi) is 4.26. The third kappa shape index (κ3) is 3.30. The van der Waals surface area contributed by atoms with Gasteiger partial charge in [0.15, 0.2) is 11.5 Å². The van der Waals surface area contributed by atoms with Crippen LogP contribution in [0.4, 0.5) is 5.69 Å². The van der Waals surface area contributed by atoms with E-state index >= 15 is 0 Å². The molecule has 0 bridgehead atoms. The Morgan fingerprint density at radius 2 is 1.73 bits per heavy atom. The van der Waals surface area contributed by atoms with Crippen molar-refractivity contribution in [3.8, 4) is 11.5 Å². The number of aromatic hydroxyl groups is 2. The van der Waals surface area contributed by atoms with E-state index in [1.807, 2.05) is 0 Å². The van der Waals surface area contributed by atoms with Crippen LogP contribution in [-0.2, 0) is 14.8 Å². The van der Waals surface area contributed by atoms with Crippen molar-refractivity contribution in [3.05, 3.63) is 53.6 Å². The summed E-state index contributed by atoms with van der Waals surface area (Å²) in [5.41, 5.74) is 1.67. The van der Waals surface area contributed by atoms with Crippen LogP contribution >= 0.6 is 0 Å². The molecule has 0 unspecified atom stereocenters. The highest BCUT2D eigenvalue weighted by molar-refractivity contribution is 7.89. The van der Waals surface area contributed by atoms with Gasteiger partial charge in [-0.05, 0) is 55.0 Å². The summed E-state index contributed by atoms with van der Waals surface area (Å²) < 4.78 is 22.6. The zero-order valence-corrected chi connectivity index (χ0v) is 14.4. The first-order valence-corrected chi connectivity index (χ1v) is 8.98.